The van der Waals surface area contributed by atoms with E-state index in [-0.39, 0.29) is 18.2 Å². The molecule has 2 amide bonds. The summed E-state index contributed by atoms with van der Waals surface area (Å²) in [6.07, 6.45) is 0.194. The summed E-state index contributed by atoms with van der Waals surface area (Å²) in [5.41, 5.74) is 1.41. The highest BCUT2D eigenvalue weighted by molar-refractivity contribution is 6.33. The minimum atomic E-state index is -0.405. The number of hydrogen-bond acceptors (Lipinski definition) is 2. The number of nitrogens with one attached hydrogen (secondary N) is 1. The maximum absolute atomic E-state index is 12.6. The number of para-hydroxylation sites is 1. The second kappa shape index (κ2) is 6.81. The van der Waals surface area contributed by atoms with Crippen molar-refractivity contribution in [2.75, 3.05) is 16.8 Å². The van der Waals surface area contributed by atoms with Crippen LogP contribution in [0.3, 0.4) is 0 Å². The Morgan fingerprint density at radius 3 is 2.58 bits per heavy atom. The maximum Gasteiger partial charge on any atom is 0.229 e. The van der Waals surface area contributed by atoms with Gasteiger partial charge in [-0.15, -0.1) is 0 Å². The van der Waals surface area contributed by atoms with Gasteiger partial charge < -0.3 is 10.2 Å². The second-order valence-corrected chi connectivity index (χ2v) is 6.78. The minimum Gasteiger partial charge on any atom is -0.324 e. The number of nitrogens with zero attached hydrogens (tertiary/aromatic N) is 1. The van der Waals surface area contributed by atoms with Crippen LogP contribution in [0.1, 0.15) is 6.42 Å². The molecule has 0 radical (unpaired) electrons. The highest BCUT2D eigenvalue weighted by atomic mass is 35.5. The van der Waals surface area contributed by atoms with Gasteiger partial charge in [-0.2, -0.15) is 0 Å². The Hall–Kier alpha value is -2.85. The Bertz CT molecular complexity index is 997. The predicted octanol–water partition coefficient (Wildman–Crippen LogP) is 4.48. The number of amides is 2. The monoisotopic (exact) mass is 364 g/mol. The van der Waals surface area contributed by atoms with E-state index < -0.39 is 5.92 Å². The zero-order valence-corrected chi connectivity index (χ0v) is 14.7. The van der Waals surface area contributed by atoms with E-state index in [1.54, 1.807) is 23.1 Å². The molecule has 1 saturated heterocycles. The summed E-state index contributed by atoms with van der Waals surface area (Å²) < 4.78 is 0. The quantitative estimate of drug-likeness (QED) is 0.744. The van der Waals surface area contributed by atoms with E-state index >= 15 is 0 Å². The van der Waals surface area contributed by atoms with E-state index in [1.165, 1.54) is 0 Å². The van der Waals surface area contributed by atoms with E-state index in [4.69, 9.17) is 11.6 Å². The molecular weight excluding hydrogens is 348 g/mol. The van der Waals surface area contributed by atoms with Crippen LogP contribution in [0.2, 0.25) is 5.02 Å². The Balaban J connectivity index is 1.57. The van der Waals surface area contributed by atoms with E-state index in [0.29, 0.717) is 17.3 Å². The fourth-order valence-electron chi connectivity index (χ4n) is 3.36. The smallest absolute Gasteiger partial charge is 0.229 e. The van der Waals surface area contributed by atoms with Crippen molar-refractivity contribution in [3.05, 3.63) is 71.8 Å². The first kappa shape index (κ1) is 16.6. The SMILES string of the molecule is O=C(Nc1ccccc1Cl)[C@H]1CC(=O)N(c2cccc3ccccc23)C1. The number of rotatable bonds is 3. The molecule has 1 aliphatic heterocycles. The fraction of sp³-hybridized carbons (Fsp3) is 0.143. The molecule has 4 rings (SSSR count). The molecule has 0 spiro atoms. The zero-order chi connectivity index (χ0) is 18.1. The molecule has 130 valence electrons. The number of halogens is 1. The topological polar surface area (TPSA) is 49.4 Å². The Morgan fingerprint density at radius 2 is 1.73 bits per heavy atom. The average Bonchev–Trinajstić information content (AvgIpc) is 3.05. The van der Waals surface area contributed by atoms with Crippen molar-refractivity contribution in [3.8, 4) is 0 Å². The van der Waals surface area contributed by atoms with Crippen LogP contribution in [-0.4, -0.2) is 18.4 Å². The lowest BCUT2D eigenvalue weighted by atomic mass is 10.1. The van der Waals surface area contributed by atoms with Crippen LogP contribution >= 0.6 is 11.6 Å². The minimum absolute atomic E-state index is 0.0411. The van der Waals surface area contributed by atoms with Gasteiger partial charge in [-0.1, -0.05) is 60.1 Å². The van der Waals surface area contributed by atoms with Crippen molar-refractivity contribution >= 4 is 45.6 Å². The van der Waals surface area contributed by atoms with E-state index in [2.05, 4.69) is 5.32 Å². The van der Waals surface area contributed by atoms with Gasteiger partial charge in [-0.25, -0.2) is 0 Å². The summed E-state index contributed by atoms with van der Waals surface area (Å²) in [7, 11) is 0. The lowest BCUT2D eigenvalue weighted by Crippen LogP contribution is -2.28. The standard InChI is InChI=1S/C21H17ClN2O2/c22-17-9-3-4-10-18(17)23-21(26)15-12-20(25)24(13-15)19-11-5-7-14-6-1-2-8-16(14)19/h1-11,15H,12-13H2,(H,23,26)/t15-/m0/s1. The largest absolute Gasteiger partial charge is 0.324 e. The molecule has 0 bridgehead atoms. The van der Waals surface area contributed by atoms with Crippen molar-refractivity contribution in [2.24, 2.45) is 5.92 Å². The first-order valence-corrected chi connectivity index (χ1v) is 8.85. The summed E-state index contributed by atoms with van der Waals surface area (Å²) >= 11 is 6.10. The summed E-state index contributed by atoms with van der Waals surface area (Å²) in [5.74, 6) is -0.632. The zero-order valence-electron chi connectivity index (χ0n) is 14.0. The summed E-state index contributed by atoms with van der Waals surface area (Å²) in [6, 6.07) is 20.9. The highest BCUT2D eigenvalue weighted by Gasteiger charge is 2.35. The summed E-state index contributed by atoms with van der Waals surface area (Å²) in [6.45, 7) is 0.364. The molecular formula is C21H17ClN2O2. The highest BCUT2D eigenvalue weighted by Crippen LogP contribution is 2.32. The van der Waals surface area contributed by atoms with Crippen LogP contribution in [0, 0.1) is 5.92 Å². The number of fused-ring (bicyclic) bond motifs is 1. The van der Waals surface area contributed by atoms with Gasteiger partial charge in [0.05, 0.1) is 22.3 Å². The van der Waals surface area contributed by atoms with Gasteiger partial charge in [0.1, 0.15) is 0 Å². The lowest BCUT2D eigenvalue weighted by Gasteiger charge is -2.19. The van der Waals surface area contributed by atoms with Gasteiger partial charge in [-0.05, 0) is 23.6 Å². The van der Waals surface area contributed by atoms with Crippen LogP contribution in [0.4, 0.5) is 11.4 Å². The van der Waals surface area contributed by atoms with Crippen molar-refractivity contribution < 1.29 is 9.59 Å². The van der Waals surface area contributed by atoms with Gasteiger partial charge in [0, 0.05) is 18.4 Å². The molecule has 26 heavy (non-hydrogen) atoms. The first-order valence-electron chi connectivity index (χ1n) is 8.47. The van der Waals surface area contributed by atoms with Crippen LogP contribution < -0.4 is 10.2 Å². The molecule has 1 atom stereocenters. The molecule has 0 unspecified atom stereocenters. The van der Waals surface area contributed by atoms with Gasteiger partial charge in [-0.3, -0.25) is 9.59 Å². The molecule has 3 aromatic rings. The average molecular weight is 365 g/mol. The lowest BCUT2D eigenvalue weighted by molar-refractivity contribution is -0.122. The van der Waals surface area contributed by atoms with Crippen LogP contribution in [0.5, 0.6) is 0 Å². The number of carbonyl (C=O) groups excluding carboxylic acids is 2. The predicted molar refractivity (Wildman–Crippen MR) is 104 cm³/mol. The number of carbonyl (C=O) groups is 2. The van der Waals surface area contributed by atoms with Crippen molar-refractivity contribution in [3.63, 3.8) is 0 Å². The van der Waals surface area contributed by atoms with E-state index in [1.807, 2.05) is 48.5 Å². The third-order valence-electron chi connectivity index (χ3n) is 4.68. The summed E-state index contributed by atoms with van der Waals surface area (Å²) in [4.78, 5) is 26.9. The molecule has 4 nitrogen and oxygen atoms in total. The van der Waals surface area contributed by atoms with E-state index in [0.717, 1.165) is 16.5 Å². The molecule has 1 heterocycles. The number of benzene rings is 3. The van der Waals surface area contributed by atoms with Gasteiger partial charge in [0.2, 0.25) is 11.8 Å². The number of anilines is 2. The molecule has 1 N–H and O–H groups in total. The van der Waals surface area contributed by atoms with Gasteiger partial charge >= 0.3 is 0 Å². The van der Waals surface area contributed by atoms with Crippen LogP contribution in [-0.2, 0) is 9.59 Å². The number of hydrogen-bond donors (Lipinski definition) is 1. The van der Waals surface area contributed by atoms with Crippen molar-refractivity contribution in [1.29, 1.82) is 0 Å². The van der Waals surface area contributed by atoms with E-state index in [9.17, 15) is 9.59 Å². The third kappa shape index (κ3) is 3.04. The van der Waals surface area contributed by atoms with Crippen molar-refractivity contribution in [2.45, 2.75) is 6.42 Å². The fourth-order valence-corrected chi connectivity index (χ4v) is 3.54. The molecule has 1 aliphatic rings. The molecule has 0 saturated carbocycles. The summed E-state index contributed by atoms with van der Waals surface area (Å²) in [5, 5.41) is 5.40. The third-order valence-corrected chi connectivity index (χ3v) is 5.01. The molecule has 3 aromatic carbocycles. The van der Waals surface area contributed by atoms with Crippen molar-refractivity contribution in [1.82, 2.24) is 0 Å². The van der Waals surface area contributed by atoms with Gasteiger partial charge in [0.25, 0.3) is 0 Å². The van der Waals surface area contributed by atoms with Crippen LogP contribution in [0.15, 0.2) is 66.7 Å². The normalized spacial score (nSPS) is 16.9. The Kier molecular flexibility index (Phi) is 4.35. The van der Waals surface area contributed by atoms with Gasteiger partial charge in [0.15, 0.2) is 0 Å². The molecule has 1 fully saturated rings. The molecule has 0 aromatic heterocycles. The molecule has 5 heteroatoms. The Morgan fingerprint density at radius 1 is 1.00 bits per heavy atom. The Labute approximate surface area is 156 Å². The maximum atomic E-state index is 12.6. The first-order chi connectivity index (χ1) is 12.6. The van der Waals surface area contributed by atoms with Crippen LogP contribution in [0.25, 0.3) is 10.8 Å². The molecule has 0 aliphatic carbocycles. The second-order valence-electron chi connectivity index (χ2n) is 6.37.